The highest BCUT2D eigenvalue weighted by Gasteiger charge is 2.27. The van der Waals surface area contributed by atoms with Crippen LogP contribution in [0.15, 0.2) is 47.4 Å². The molecule has 1 aliphatic heterocycles. The molecule has 2 aromatic rings. The fraction of sp³-hybridized carbons (Fsp3) is 0.316. The maximum absolute atomic E-state index is 14.0. The second kappa shape index (κ2) is 7.56. The highest BCUT2D eigenvalue weighted by atomic mass is 32.2. The normalized spacial score (nSPS) is 17.0. The molecule has 1 N–H and O–H groups in total. The zero-order valence-electron chi connectivity index (χ0n) is 15.1. The molecule has 0 spiro atoms. The van der Waals surface area contributed by atoms with Crippen LogP contribution in [0.2, 0.25) is 0 Å². The van der Waals surface area contributed by atoms with Crippen LogP contribution in [0.1, 0.15) is 16.8 Å². The number of ether oxygens (including phenoxy) is 1. The molecule has 1 aliphatic rings. The van der Waals surface area contributed by atoms with Crippen molar-refractivity contribution < 1.29 is 22.3 Å². The van der Waals surface area contributed by atoms with E-state index < -0.39 is 21.6 Å². The Morgan fingerprint density at radius 3 is 2.70 bits per heavy atom. The number of amides is 1. The highest BCUT2D eigenvalue weighted by Crippen LogP contribution is 2.30. The van der Waals surface area contributed by atoms with Crippen molar-refractivity contribution in [3.63, 3.8) is 0 Å². The summed E-state index contributed by atoms with van der Waals surface area (Å²) < 4.78 is 42.7. The number of carbonyl (C=O) groups is 1. The van der Waals surface area contributed by atoms with Crippen molar-refractivity contribution in [3.05, 3.63) is 53.8 Å². The van der Waals surface area contributed by atoms with E-state index in [1.165, 1.54) is 0 Å². The average Bonchev–Trinajstić information content (AvgIpc) is 3.09. The minimum Gasteiger partial charge on any atom is -0.495 e. The Labute approximate surface area is 157 Å². The van der Waals surface area contributed by atoms with Gasteiger partial charge in [-0.2, -0.15) is 0 Å². The van der Waals surface area contributed by atoms with Crippen molar-refractivity contribution in [2.45, 2.75) is 17.4 Å². The predicted molar refractivity (Wildman–Crippen MR) is 101 cm³/mol. The predicted octanol–water partition coefficient (Wildman–Crippen LogP) is 2.25. The van der Waals surface area contributed by atoms with Crippen LogP contribution in [0, 0.1) is 5.82 Å². The number of sulfone groups is 1. The molecule has 0 aliphatic carbocycles. The summed E-state index contributed by atoms with van der Waals surface area (Å²) in [6.07, 6.45) is 1.71. The summed E-state index contributed by atoms with van der Waals surface area (Å²) in [4.78, 5) is 14.5. The van der Waals surface area contributed by atoms with Gasteiger partial charge in [-0.15, -0.1) is 0 Å². The number of para-hydroxylation sites is 2. The van der Waals surface area contributed by atoms with Gasteiger partial charge in [0.1, 0.15) is 11.6 Å². The molecule has 1 unspecified atom stereocenters. The van der Waals surface area contributed by atoms with Crippen LogP contribution in [-0.4, -0.2) is 46.8 Å². The van der Waals surface area contributed by atoms with E-state index >= 15 is 0 Å². The zero-order valence-corrected chi connectivity index (χ0v) is 15.9. The molecule has 27 heavy (non-hydrogen) atoms. The van der Waals surface area contributed by atoms with Gasteiger partial charge in [-0.25, -0.2) is 12.8 Å². The molecular formula is C19H21FN2O4S. The number of methoxy groups -OCH3 is 1. The number of benzene rings is 2. The third-order valence-electron chi connectivity index (χ3n) is 4.56. The Morgan fingerprint density at radius 2 is 2.00 bits per heavy atom. The lowest BCUT2D eigenvalue weighted by Crippen LogP contribution is -2.37. The van der Waals surface area contributed by atoms with Crippen molar-refractivity contribution in [1.29, 1.82) is 0 Å². The summed E-state index contributed by atoms with van der Waals surface area (Å²) in [5.41, 5.74) is 0.663. The summed E-state index contributed by atoms with van der Waals surface area (Å²) in [6, 6.07) is 10.7. The van der Waals surface area contributed by atoms with Crippen LogP contribution in [0.3, 0.4) is 0 Å². The average molecular weight is 392 g/mol. The Kier molecular flexibility index (Phi) is 5.36. The van der Waals surface area contributed by atoms with Crippen molar-refractivity contribution in [2.24, 2.45) is 0 Å². The van der Waals surface area contributed by atoms with Gasteiger partial charge in [0.2, 0.25) is 0 Å². The number of hydrogen-bond acceptors (Lipinski definition) is 5. The number of anilines is 1. The van der Waals surface area contributed by atoms with Gasteiger partial charge >= 0.3 is 0 Å². The first-order chi connectivity index (χ1) is 12.8. The molecule has 8 heteroatoms. The lowest BCUT2D eigenvalue weighted by molar-refractivity contribution is 0.0936. The first kappa shape index (κ1) is 19.2. The molecule has 0 saturated carbocycles. The van der Waals surface area contributed by atoms with E-state index in [-0.39, 0.29) is 16.5 Å². The maximum atomic E-state index is 14.0. The van der Waals surface area contributed by atoms with Crippen LogP contribution >= 0.6 is 0 Å². The second-order valence-electron chi connectivity index (χ2n) is 6.49. The number of carbonyl (C=O) groups excluding carboxylic acids is 1. The molecule has 3 rings (SSSR count). The zero-order chi connectivity index (χ0) is 19.6. The van der Waals surface area contributed by atoms with Gasteiger partial charge in [-0.3, -0.25) is 4.79 Å². The highest BCUT2D eigenvalue weighted by molar-refractivity contribution is 7.90. The standard InChI is InChI=1S/C19H21FN2O4S/c1-26-18-6-4-3-5-17(18)22-10-9-13(12-22)21-19(23)15-11-14(27(2,24)25)7-8-16(15)20/h3-8,11,13H,9-10,12H2,1-2H3,(H,21,23). The summed E-state index contributed by atoms with van der Waals surface area (Å²) in [7, 11) is -1.92. The van der Waals surface area contributed by atoms with E-state index in [0.29, 0.717) is 13.0 Å². The quantitative estimate of drug-likeness (QED) is 0.790. The summed E-state index contributed by atoms with van der Waals surface area (Å²) in [5, 5.41) is 2.80. The molecule has 0 radical (unpaired) electrons. The second-order valence-corrected chi connectivity index (χ2v) is 8.51. The largest absolute Gasteiger partial charge is 0.495 e. The molecule has 1 heterocycles. The van der Waals surface area contributed by atoms with Gasteiger partial charge in [-0.1, -0.05) is 12.1 Å². The third kappa shape index (κ3) is 4.21. The Hall–Kier alpha value is -2.61. The van der Waals surface area contributed by atoms with Crippen LogP contribution < -0.4 is 15.0 Å². The molecule has 0 aromatic heterocycles. The van der Waals surface area contributed by atoms with Crippen LogP contribution in [0.4, 0.5) is 10.1 Å². The van der Waals surface area contributed by atoms with Gasteiger partial charge in [0, 0.05) is 25.4 Å². The first-order valence-electron chi connectivity index (χ1n) is 8.48. The van der Waals surface area contributed by atoms with Crippen molar-refractivity contribution in [3.8, 4) is 5.75 Å². The van der Waals surface area contributed by atoms with Crippen molar-refractivity contribution in [2.75, 3.05) is 31.4 Å². The van der Waals surface area contributed by atoms with Crippen LogP contribution in [-0.2, 0) is 9.84 Å². The molecule has 1 amide bonds. The number of nitrogens with zero attached hydrogens (tertiary/aromatic N) is 1. The fourth-order valence-electron chi connectivity index (χ4n) is 3.16. The number of rotatable bonds is 5. The Bertz CT molecular complexity index is 962. The first-order valence-corrected chi connectivity index (χ1v) is 10.4. The van der Waals surface area contributed by atoms with Gasteiger partial charge in [-0.05, 0) is 36.8 Å². The maximum Gasteiger partial charge on any atom is 0.254 e. The van der Waals surface area contributed by atoms with Crippen molar-refractivity contribution in [1.82, 2.24) is 5.32 Å². The van der Waals surface area contributed by atoms with E-state index in [1.807, 2.05) is 24.3 Å². The van der Waals surface area contributed by atoms with Gasteiger partial charge in [0.15, 0.2) is 9.84 Å². The van der Waals surface area contributed by atoms with E-state index in [1.54, 1.807) is 7.11 Å². The molecule has 144 valence electrons. The SMILES string of the molecule is COc1ccccc1N1CCC(NC(=O)c2cc(S(C)(=O)=O)ccc2F)C1. The monoisotopic (exact) mass is 392 g/mol. The smallest absolute Gasteiger partial charge is 0.254 e. The molecule has 6 nitrogen and oxygen atoms in total. The van der Waals surface area contributed by atoms with E-state index in [4.69, 9.17) is 4.74 Å². The molecule has 1 saturated heterocycles. The molecule has 1 fully saturated rings. The Morgan fingerprint density at radius 1 is 1.26 bits per heavy atom. The summed E-state index contributed by atoms with van der Waals surface area (Å²) in [5.74, 6) is -0.624. The van der Waals surface area contributed by atoms with Crippen LogP contribution in [0.25, 0.3) is 0 Å². The summed E-state index contributed by atoms with van der Waals surface area (Å²) >= 11 is 0. The van der Waals surface area contributed by atoms with Gasteiger partial charge < -0.3 is 15.0 Å². The molecule has 0 bridgehead atoms. The minimum absolute atomic E-state index is 0.0869. The van der Waals surface area contributed by atoms with E-state index in [0.717, 1.165) is 42.4 Å². The minimum atomic E-state index is -3.52. The lowest BCUT2D eigenvalue weighted by atomic mass is 10.1. The molecule has 1 atom stereocenters. The van der Waals surface area contributed by atoms with E-state index in [2.05, 4.69) is 10.2 Å². The summed E-state index contributed by atoms with van der Waals surface area (Å²) in [6.45, 7) is 1.27. The third-order valence-corrected chi connectivity index (χ3v) is 5.67. The Balaban J connectivity index is 1.73. The number of nitrogens with one attached hydrogen (secondary N) is 1. The fourth-order valence-corrected chi connectivity index (χ4v) is 3.81. The topological polar surface area (TPSA) is 75.7 Å². The molecule has 2 aromatic carbocycles. The molecular weight excluding hydrogens is 371 g/mol. The van der Waals surface area contributed by atoms with Crippen molar-refractivity contribution >= 4 is 21.4 Å². The number of halogens is 1. The van der Waals surface area contributed by atoms with Crippen LogP contribution in [0.5, 0.6) is 5.75 Å². The lowest BCUT2D eigenvalue weighted by Gasteiger charge is -2.21. The van der Waals surface area contributed by atoms with Gasteiger partial charge in [0.05, 0.1) is 23.3 Å². The number of hydrogen-bond donors (Lipinski definition) is 1. The van der Waals surface area contributed by atoms with E-state index in [9.17, 15) is 17.6 Å². The van der Waals surface area contributed by atoms with Gasteiger partial charge in [0.25, 0.3) is 5.91 Å².